The Labute approximate surface area is 180 Å². The number of rotatable bonds is 7. The molecule has 0 saturated heterocycles. The quantitative estimate of drug-likeness (QED) is 0.592. The maximum Gasteiger partial charge on any atom is 0.277 e. The van der Waals surface area contributed by atoms with Gasteiger partial charge in [-0.1, -0.05) is 25.1 Å². The zero-order valence-corrected chi connectivity index (χ0v) is 17.9. The van der Waals surface area contributed by atoms with Crippen molar-refractivity contribution in [2.45, 2.75) is 32.4 Å². The minimum Gasteiger partial charge on any atom is -0.463 e. The number of carbonyl (C=O) groups excluding carboxylic acids is 2. The molecule has 8 heteroatoms. The number of methoxy groups -OCH3 is 1. The molecule has 1 aromatic carbocycles. The third-order valence-electron chi connectivity index (χ3n) is 5.62. The molecule has 0 spiro atoms. The van der Waals surface area contributed by atoms with E-state index in [0.29, 0.717) is 30.3 Å². The zero-order valence-electron chi connectivity index (χ0n) is 17.9. The van der Waals surface area contributed by atoms with Crippen LogP contribution in [0.2, 0.25) is 0 Å². The molecule has 2 aromatic heterocycles. The van der Waals surface area contributed by atoms with E-state index < -0.39 is 5.54 Å². The number of ether oxygens (including phenoxy) is 1. The van der Waals surface area contributed by atoms with Crippen molar-refractivity contribution >= 4 is 17.5 Å². The molecule has 0 aliphatic carbocycles. The van der Waals surface area contributed by atoms with Gasteiger partial charge in [0.25, 0.3) is 5.91 Å². The largest absolute Gasteiger partial charge is 0.463 e. The molecule has 4 rings (SSSR count). The number of hydrogen-bond donors (Lipinski definition) is 1. The molecule has 0 radical (unpaired) electrons. The minimum absolute atomic E-state index is 0.214. The molecule has 0 saturated carbocycles. The number of amides is 2. The first-order chi connectivity index (χ1) is 15.0. The van der Waals surface area contributed by atoms with Gasteiger partial charge in [-0.25, -0.2) is 0 Å². The number of hydrogen-bond acceptors (Lipinski definition) is 5. The molecule has 3 aromatic rings. The van der Waals surface area contributed by atoms with Gasteiger partial charge in [0.2, 0.25) is 5.91 Å². The van der Waals surface area contributed by atoms with Crippen molar-refractivity contribution in [3.05, 3.63) is 60.0 Å². The van der Waals surface area contributed by atoms with E-state index in [9.17, 15) is 9.59 Å². The Hall–Kier alpha value is -3.39. The lowest BCUT2D eigenvalue weighted by atomic mass is 9.92. The van der Waals surface area contributed by atoms with Crippen LogP contribution in [-0.2, 0) is 22.5 Å². The predicted octanol–water partition coefficient (Wildman–Crippen LogP) is 2.89. The highest BCUT2D eigenvalue weighted by molar-refractivity contribution is 6.12. The normalized spacial score (nSPS) is 18.2. The summed E-state index contributed by atoms with van der Waals surface area (Å²) in [6, 6.07) is 13.0. The number of carbonyl (C=O) groups is 2. The fourth-order valence-corrected chi connectivity index (χ4v) is 3.99. The van der Waals surface area contributed by atoms with Crippen molar-refractivity contribution < 1.29 is 18.7 Å². The average Bonchev–Trinajstić information content (AvgIpc) is 3.44. The average molecular weight is 422 g/mol. The SMILES string of the molecule is CCc1ccccc1N1C(=O)c2cc(-c3ccco3)nn2CC1(C)C(=O)NCCOC. The molecule has 8 nitrogen and oxygen atoms in total. The van der Waals surface area contributed by atoms with E-state index >= 15 is 0 Å². The van der Waals surface area contributed by atoms with E-state index in [1.54, 1.807) is 48.1 Å². The Morgan fingerprint density at radius 1 is 1.29 bits per heavy atom. The van der Waals surface area contributed by atoms with Crippen LogP contribution in [0.1, 0.15) is 29.9 Å². The summed E-state index contributed by atoms with van der Waals surface area (Å²) in [5.41, 5.74) is 1.52. The van der Waals surface area contributed by atoms with Crippen LogP contribution >= 0.6 is 0 Å². The molecular weight excluding hydrogens is 396 g/mol. The van der Waals surface area contributed by atoms with Crippen molar-refractivity contribution in [2.24, 2.45) is 0 Å². The Bertz CT molecular complexity index is 1090. The number of benzene rings is 1. The molecule has 2 amide bonds. The molecule has 1 N–H and O–H groups in total. The standard InChI is InChI=1S/C23H26N4O4/c1-4-16-8-5-6-9-18(16)27-21(28)19-14-17(20-10-7-12-31-20)25-26(19)15-23(27,2)22(29)24-11-13-30-3/h5-10,12,14H,4,11,13,15H2,1-3H3,(H,24,29). The summed E-state index contributed by atoms with van der Waals surface area (Å²) in [6.07, 6.45) is 2.30. The van der Waals surface area contributed by atoms with Crippen LogP contribution in [0.25, 0.3) is 11.5 Å². The summed E-state index contributed by atoms with van der Waals surface area (Å²) in [7, 11) is 1.58. The molecule has 1 aliphatic rings. The fourth-order valence-electron chi connectivity index (χ4n) is 3.99. The van der Waals surface area contributed by atoms with Gasteiger partial charge in [0, 0.05) is 25.4 Å². The van der Waals surface area contributed by atoms with Gasteiger partial charge in [-0.05, 0) is 37.1 Å². The van der Waals surface area contributed by atoms with Crippen LogP contribution in [0, 0.1) is 0 Å². The number of aromatic nitrogens is 2. The first-order valence-electron chi connectivity index (χ1n) is 10.3. The van der Waals surface area contributed by atoms with E-state index in [2.05, 4.69) is 10.4 Å². The number of nitrogens with one attached hydrogen (secondary N) is 1. The van der Waals surface area contributed by atoms with Gasteiger partial charge in [-0.3, -0.25) is 19.2 Å². The smallest absolute Gasteiger partial charge is 0.277 e. The van der Waals surface area contributed by atoms with Crippen molar-refractivity contribution in [2.75, 3.05) is 25.2 Å². The van der Waals surface area contributed by atoms with Crippen molar-refractivity contribution in [3.8, 4) is 11.5 Å². The zero-order chi connectivity index (χ0) is 22.0. The second kappa shape index (κ2) is 8.39. The van der Waals surface area contributed by atoms with Gasteiger partial charge < -0.3 is 14.5 Å². The highest BCUT2D eigenvalue weighted by Gasteiger charge is 2.49. The molecule has 3 heterocycles. The monoisotopic (exact) mass is 422 g/mol. The number of furan rings is 1. The van der Waals surface area contributed by atoms with E-state index in [-0.39, 0.29) is 18.4 Å². The summed E-state index contributed by atoms with van der Waals surface area (Å²) in [4.78, 5) is 28.7. The number of anilines is 1. The predicted molar refractivity (Wildman–Crippen MR) is 116 cm³/mol. The Balaban J connectivity index is 1.81. The van der Waals surface area contributed by atoms with Crippen molar-refractivity contribution in [1.82, 2.24) is 15.1 Å². The third kappa shape index (κ3) is 3.63. The van der Waals surface area contributed by atoms with Gasteiger partial charge in [-0.15, -0.1) is 0 Å². The number of aryl methyl sites for hydroxylation is 1. The van der Waals surface area contributed by atoms with E-state index in [0.717, 1.165) is 17.7 Å². The Kier molecular flexibility index (Phi) is 5.65. The second-order valence-corrected chi connectivity index (χ2v) is 7.70. The van der Waals surface area contributed by atoms with Gasteiger partial charge in [0.1, 0.15) is 16.9 Å². The van der Waals surface area contributed by atoms with Crippen LogP contribution in [0.5, 0.6) is 0 Å². The maximum absolute atomic E-state index is 13.7. The van der Waals surface area contributed by atoms with E-state index in [1.807, 2.05) is 31.2 Å². The Morgan fingerprint density at radius 2 is 2.10 bits per heavy atom. The van der Waals surface area contributed by atoms with Crippen LogP contribution in [0.15, 0.2) is 53.1 Å². The molecule has 0 bridgehead atoms. The van der Waals surface area contributed by atoms with Crippen LogP contribution < -0.4 is 10.2 Å². The third-order valence-corrected chi connectivity index (χ3v) is 5.62. The summed E-state index contributed by atoms with van der Waals surface area (Å²) >= 11 is 0. The van der Waals surface area contributed by atoms with E-state index in [1.165, 1.54) is 0 Å². The molecular formula is C23H26N4O4. The van der Waals surface area contributed by atoms with Crippen molar-refractivity contribution in [3.63, 3.8) is 0 Å². The number of fused-ring (bicyclic) bond motifs is 1. The topological polar surface area (TPSA) is 89.6 Å². The van der Waals surface area contributed by atoms with Crippen LogP contribution in [0.4, 0.5) is 5.69 Å². The maximum atomic E-state index is 13.7. The molecule has 1 unspecified atom stereocenters. The highest BCUT2D eigenvalue weighted by atomic mass is 16.5. The lowest BCUT2D eigenvalue weighted by Gasteiger charge is -2.43. The van der Waals surface area contributed by atoms with Gasteiger partial charge in [0.15, 0.2) is 5.76 Å². The first kappa shape index (κ1) is 20.9. The summed E-state index contributed by atoms with van der Waals surface area (Å²) in [5, 5.41) is 7.46. The van der Waals surface area contributed by atoms with E-state index in [4.69, 9.17) is 9.15 Å². The van der Waals surface area contributed by atoms with Crippen LogP contribution in [0.3, 0.4) is 0 Å². The summed E-state index contributed by atoms with van der Waals surface area (Å²) < 4.78 is 12.1. The van der Waals surface area contributed by atoms with Gasteiger partial charge >= 0.3 is 0 Å². The molecule has 1 aliphatic heterocycles. The first-order valence-corrected chi connectivity index (χ1v) is 10.3. The minimum atomic E-state index is -1.17. The summed E-state index contributed by atoms with van der Waals surface area (Å²) in [6.45, 7) is 4.76. The molecule has 162 valence electrons. The lowest BCUT2D eigenvalue weighted by Crippen LogP contribution is -2.65. The fraction of sp³-hybridized carbons (Fsp3) is 0.348. The number of nitrogens with zero attached hydrogens (tertiary/aromatic N) is 3. The lowest BCUT2D eigenvalue weighted by molar-refractivity contribution is -0.126. The molecule has 0 fully saturated rings. The van der Waals surface area contributed by atoms with Gasteiger partial charge in [-0.2, -0.15) is 5.10 Å². The van der Waals surface area contributed by atoms with Crippen molar-refractivity contribution in [1.29, 1.82) is 0 Å². The summed E-state index contributed by atoms with van der Waals surface area (Å²) in [5.74, 6) is 0.0350. The highest BCUT2D eigenvalue weighted by Crippen LogP contribution is 2.36. The molecule has 1 atom stereocenters. The van der Waals surface area contributed by atoms with Crippen LogP contribution in [-0.4, -0.2) is 47.4 Å². The van der Waals surface area contributed by atoms with Gasteiger partial charge in [0.05, 0.1) is 19.4 Å². The number of para-hydroxylation sites is 1. The second-order valence-electron chi connectivity index (χ2n) is 7.70. The Morgan fingerprint density at radius 3 is 2.81 bits per heavy atom. The molecule has 31 heavy (non-hydrogen) atoms.